The predicted molar refractivity (Wildman–Crippen MR) is 120 cm³/mol. The van der Waals surface area contributed by atoms with Crippen LogP contribution < -0.4 is 19.7 Å². The molecule has 168 valence electrons. The number of ether oxygens (including phenoxy) is 2. The Morgan fingerprint density at radius 1 is 0.909 bits per heavy atom. The Kier molecular flexibility index (Phi) is 6.08. The molecule has 0 bridgehead atoms. The Balaban J connectivity index is 1.81. The van der Waals surface area contributed by atoms with Crippen molar-refractivity contribution in [1.82, 2.24) is 0 Å². The van der Waals surface area contributed by atoms with Crippen molar-refractivity contribution in [3.63, 3.8) is 0 Å². The van der Waals surface area contributed by atoms with E-state index in [0.717, 1.165) is 12.1 Å². The van der Waals surface area contributed by atoms with Crippen molar-refractivity contribution in [1.29, 1.82) is 0 Å². The maximum Gasteiger partial charge on any atom is 0.282 e. The molecule has 1 aliphatic rings. The van der Waals surface area contributed by atoms with Gasteiger partial charge >= 0.3 is 0 Å². The lowest BCUT2D eigenvalue weighted by Gasteiger charge is -2.16. The van der Waals surface area contributed by atoms with Crippen molar-refractivity contribution in [3.8, 4) is 11.5 Å². The average molecular weight is 450 g/mol. The third-order valence-corrected chi connectivity index (χ3v) is 5.03. The summed E-state index contributed by atoms with van der Waals surface area (Å²) in [6.45, 7) is 2.30. The van der Waals surface area contributed by atoms with E-state index in [0.29, 0.717) is 40.3 Å². The van der Waals surface area contributed by atoms with Gasteiger partial charge in [0, 0.05) is 17.8 Å². The molecule has 0 aromatic heterocycles. The van der Waals surface area contributed by atoms with Gasteiger partial charge in [-0.05, 0) is 48.9 Å². The maximum atomic E-state index is 14.5. The molecule has 1 aliphatic heterocycles. The van der Waals surface area contributed by atoms with Crippen molar-refractivity contribution in [2.24, 2.45) is 0 Å². The minimum Gasteiger partial charge on any atom is -0.497 e. The molecule has 3 aromatic rings. The summed E-state index contributed by atoms with van der Waals surface area (Å²) >= 11 is 0. The molecule has 8 heteroatoms. The molecular weight excluding hydrogens is 430 g/mol. The first-order valence-electron chi connectivity index (χ1n) is 10.2. The summed E-state index contributed by atoms with van der Waals surface area (Å²) in [7, 11) is 1.51. The Labute approximate surface area is 189 Å². The number of benzene rings is 3. The minimum absolute atomic E-state index is 0.0393. The van der Waals surface area contributed by atoms with Crippen LogP contribution in [-0.4, -0.2) is 25.5 Å². The van der Waals surface area contributed by atoms with Crippen LogP contribution in [0.2, 0.25) is 0 Å². The van der Waals surface area contributed by atoms with Crippen LogP contribution in [0.5, 0.6) is 11.5 Å². The second-order valence-electron chi connectivity index (χ2n) is 7.11. The molecule has 3 aromatic carbocycles. The van der Waals surface area contributed by atoms with Crippen LogP contribution in [0.15, 0.2) is 72.4 Å². The van der Waals surface area contributed by atoms with Crippen molar-refractivity contribution >= 4 is 28.8 Å². The zero-order valence-electron chi connectivity index (χ0n) is 17.9. The third-order valence-electron chi connectivity index (χ3n) is 5.03. The van der Waals surface area contributed by atoms with Gasteiger partial charge in [0.05, 0.1) is 25.0 Å². The van der Waals surface area contributed by atoms with E-state index in [2.05, 4.69) is 5.32 Å². The first-order chi connectivity index (χ1) is 15.9. The minimum atomic E-state index is -1.02. The van der Waals surface area contributed by atoms with Gasteiger partial charge in [-0.1, -0.05) is 18.2 Å². The molecule has 0 unspecified atom stereocenters. The highest BCUT2D eigenvalue weighted by Crippen LogP contribution is 2.35. The Morgan fingerprint density at radius 3 is 2.33 bits per heavy atom. The molecule has 0 spiro atoms. The van der Waals surface area contributed by atoms with Crippen molar-refractivity contribution < 1.29 is 27.8 Å². The summed E-state index contributed by atoms with van der Waals surface area (Å²) in [4.78, 5) is 27.4. The first-order valence-corrected chi connectivity index (χ1v) is 10.2. The molecule has 33 heavy (non-hydrogen) atoms. The largest absolute Gasteiger partial charge is 0.497 e. The smallest absolute Gasteiger partial charge is 0.282 e. The van der Waals surface area contributed by atoms with E-state index in [1.807, 2.05) is 6.92 Å². The maximum absolute atomic E-state index is 14.5. The SMILES string of the molecule is CCOc1cccc(NC2=C(c3ccc(OC)cc3)C(=O)N(c3ccc(F)cc3F)C2=O)c1. The quantitative estimate of drug-likeness (QED) is 0.526. The highest BCUT2D eigenvalue weighted by molar-refractivity contribution is 6.46. The molecule has 0 radical (unpaired) electrons. The lowest BCUT2D eigenvalue weighted by Crippen LogP contribution is -2.33. The highest BCUT2D eigenvalue weighted by atomic mass is 19.1. The van der Waals surface area contributed by atoms with Gasteiger partial charge in [-0.25, -0.2) is 13.7 Å². The molecule has 0 atom stereocenters. The summed E-state index contributed by atoms with van der Waals surface area (Å²) in [5.74, 6) is -2.20. The van der Waals surface area contributed by atoms with Crippen LogP contribution in [-0.2, 0) is 9.59 Å². The fraction of sp³-hybridized carbons (Fsp3) is 0.120. The Morgan fingerprint density at radius 2 is 1.67 bits per heavy atom. The van der Waals surface area contributed by atoms with Crippen molar-refractivity contribution in [2.75, 3.05) is 23.9 Å². The Hall–Kier alpha value is -4.20. The second-order valence-corrected chi connectivity index (χ2v) is 7.11. The summed E-state index contributed by atoms with van der Waals surface area (Å²) in [6.07, 6.45) is 0. The van der Waals surface area contributed by atoms with Crippen LogP contribution >= 0.6 is 0 Å². The topological polar surface area (TPSA) is 67.9 Å². The van der Waals surface area contributed by atoms with Crippen LogP contribution in [0.1, 0.15) is 12.5 Å². The number of imide groups is 1. The van der Waals surface area contributed by atoms with Crippen molar-refractivity contribution in [3.05, 3.63) is 89.6 Å². The van der Waals surface area contributed by atoms with Gasteiger partial charge in [-0.15, -0.1) is 0 Å². The van der Waals surface area contributed by atoms with E-state index in [1.165, 1.54) is 7.11 Å². The molecule has 4 rings (SSSR count). The molecule has 0 fully saturated rings. The fourth-order valence-corrected chi connectivity index (χ4v) is 3.53. The number of carbonyl (C=O) groups excluding carboxylic acids is 2. The van der Waals surface area contributed by atoms with Gasteiger partial charge in [0.2, 0.25) is 0 Å². The molecule has 6 nitrogen and oxygen atoms in total. The number of methoxy groups -OCH3 is 1. The molecule has 0 aliphatic carbocycles. The second kappa shape index (κ2) is 9.12. The number of amides is 2. The lowest BCUT2D eigenvalue weighted by molar-refractivity contribution is -0.120. The average Bonchev–Trinajstić information content (AvgIpc) is 3.04. The van der Waals surface area contributed by atoms with E-state index in [1.54, 1.807) is 48.5 Å². The van der Waals surface area contributed by atoms with Crippen LogP contribution in [0.3, 0.4) is 0 Å². The van der Waals surface area contributed by atoms with Crippen LogP contribution in [0.4, 0.5) is 20.2 Å². The highest BCUT2D eigenvalue weighted by Gasteiger charge is 2.41. The lowest BCUT2D eigenvalue weighted by atomic mass is 10.0. The van der Waals surface area contributed by atoms with Gasteiger partial charge < -0.3 is 14.8 Å². The molecule has 2 amide bonds. The normalized spacial score (nSPS) is 13.5. The van der Waals surface area contributed by atoms with Gasteiger partial charge in [-0.3, -0.25) is 9.59 Å². The van der Waals surface area contributed by atoms with Crippen LogP contribution in [0.25, 0.3) is 5.57 Å². The number of anilines is 2. The molecule has 0 saturated carbocycles. The summed E-state index contributed by atoms with van der Waals surface area (Å²) in [5, 5.41) is 2.99. The van der Waals surface area contributed by atoms with E-state index >= 15 is 0 Å². The van der Waals surface area contributed by atoms with E-state index < -0.39 is 23.4 Å². The summed E-state index contributed by atoms with van der Waals surface area (Å²) in [6, 6.07) is 16.1. The Bertz CT molecular complexity index is 1260. The van der Waals surface area contributed by atoms with Gasteiger partial charge in [0.15, 0.2) is 0 Å². The number of nitrogens with one attached hydrogen (secondary N) is 1. The van der Waals surface area contributed by atoms with Gasteiger partial charge in [-0.2, -0.15) is 0 Å². The number of halogens is 2. The van der Waals surface area contributed by atoms with Gasteiger partial charge in [0.1, 0.15) is 28.8 Å². The number of carbonyl (C=O) groups is 2. The first kappa shape index (κ1) is 22.0. The number of rotatable bonds is 7. The molecular formula is C25H20F2N2O4. The van der Waals surface area contributed by atoms with Crippen molar-refractivity contribution in [2.45, 2.75) is 6.92 Å². The standard InChI is InChI=1S/C25H20F2N2O4/c1-3-33-19-6-4-5-17(14-19)28-23-22(15-7-10-18(32-2)11-8-15)24(30)29(25(23)31)21-12-9-16(26)13-20(21)27/h4-14,28H,3H2,1-2H3. The summed E-state index contributed by atoms with van der Waals surface area (Å²) < 4.78 is 38.6. The van der Waals surface area contributed by atoms with Gasteiger partial charge in [0.25, 0.3) is 11.8 Å². The molecule has 0 saturated heterocycles. The predicted octanol–water partition coefficient (Wildman–Crippen LogP) is 4.77. The fourth-order valence-electron chi connectivity index (χ4n) is 3.53. The molecule has 1 N–H and O–H groups in total. The monoisotopic (exact) mass is 450 g/mol. The van der Waals surface area contributed by atoms with Crippen LogP contribution in [0, 0.1) is 11.6 Å². The molecule has 1 heterocycles. The van der Waals surface area contributed by atoms with E-state index in [-0.39, 0.29) is 17.0 Å². The van der Waals surface area contributed by atoms with E-state index in [4.69, 9.17) is 9.47 Å². The zero-order valence-corrected chi connectivity index (χ0v) is 17.9. The number of nitrogens with zero attached hydrogens (tertiary/aromatic N) is 1. The number of hydrogen-bond acceptors (Lipinski definition) is 5. The zero-order chi connectivity index (χ0) is 23.5. The summed E-state index contributed by atoms with van der Waals surface area (Å²) in [5.41, 5.74) is 0.611. The third kappa shape index (κ3) is 4.27. The number of hydrogen-bond donors (Lipinski definition) is 1. The van der Waals surface area contributed by atoms with E-state index in [9.17, 15) is 18.4 Å².